The average Bonchev–Trinajstić information content (AvgIpc) is 2.64. The van der Waals surface area contributed by atoms with Crippen LogP contribution in [0.25, 0.3) is 0 Å². The number of amides is 1. The molecule has 0 aromatic carbocycles. The molecule has 1 amide bonds. The van der Waals surface area contributed by atoms with Gasteiger partial charge in [-0.3, -0.25) is 4.79 Å². The summed E-state index contributed by atoms with van der Waals surface area (Å²) in [5.74, 6) is 0.0526. The summed E-state index contributed by atoms with van der Waals surface area (Å²) < 4.78 is 30.8. The Hall–Kier alpha value is -1.38. The van der Waals surface area contributed by atoms with Crippen molar-refractivity contribution in [3.63, 3.8) is 0 Å². The van der Waals surface area contributed by atoms with Crippen molar-refractivity contribution in [2.24, 2.45) is 0 Å². The lowest BCUT2D eigenvalue weighted by Gasteiger charge is -2.18. The molecule has 1 fully saturated rings. The molecule has 0 spiro atoms. The van der Waals surface area contributed by atoms with Crippen LogP contribution >= 0.6 is 0 Å². The Morgan fingerprint density at radius 1 is 1.33 bits per heavy atom. The maximum Gasteiger partial charge on any atom is 0.289 e. The van der Waals surface area contributed by atoms with E-state index >= 15 is 0 Å². The molecule has 0 unspecified atom stereocenters. The number of hydrogen-bond donors (Lipinski definition) is 1. The van der Waals surface area contributed by atoms with Crippen molar-refractivity contribution in [1.82, 2.24) is 14.5 Å². The van der Waals surface area contributed by atoms with E-state index < -0.39 is 10.0 Å². The molecule has 0 saturated carbocycles. The molecule has 0 aliphatic carbocycles. The molecule has 118 valence electrons. The zero-order valence-electron chi connectivity index (χ0n) is 12.5. The van der Waals surface area contributed by atoms with Crippen LogP contribution in [0.1, 0.15) is 22.7 Å². The average molecular weight is 315 g/mol. The number of nitrogens with one attached hydrogen (secondary N) is 1. The van der Waals surface area contributed by atoms with Crippen LogP contribution in [0, 0.1) is 6.92 Å². The van der Waals surface area contributed by atoms with Crippen LogP contribution in [-0.4, -0.2) is 63.8 Å². The van der Waals surface area contributed by atoms with Crippen molar-refractivity contribution in [3.8, 4) is 0 Å². The minimum Gasteiger partial charge on any atom is -0.455 e. The maximum absolute atomic E-state index is 12.4. The molecular weight excluding hydrogens is 294 g/mol. The summed E-state index contributed by atoms with van der Waals surface area (Å²) in [6.45, 7) is 4.39. The fourth-order valence-electron chi connectivity index (χ4n) is 2.23. The first-order chi connectivity index (χ1) is 9.84. The highest BCUT2D eigenvalue weighted by atomic mass is 32.2. The minimum absolute atomic E-state index is 0.0452. The van der Waals surface area contributed by atoms with Crippen LogP contribution in [0.15, 0.2) is 15.4 Å². The minimum atomic E-state index is -3.60. The first kappa shape index (κ1) is 16.0. The predicted octanol–water partition coefficient (Wildman–Crippen LogP) is 0.274. The van der Waals surface area contributed by atoms with Crippen LogP contribution < -0.4 is 5.32 Å². The molecule has 0 atom stereocenters. The normalized spacial score (nSPS) is 17.0. The van der Waals surface area contributed by atoms with E-state index in [1.54, 1.807) is 11.8 Å². The first-order valence-electron chi connectivity index (χ1n) is 6.87. The van der Waals surface area contributed by atoms with E-state index in [4.69, 9.17) is 4.42 Å². The van der Waals surface area contributed by atoms with Crippen LogP contribution in [0.2, 0.25) is 0 Å². The highest BCUT2D eigenvalue weighted by Crippen LogP contribution is 2.23. The number of rotatable bonds is 3. The molecule has 1 saturated heterocycles. The van der Waals surface area contributed by atoms with E-state index in [-0.39, 0.29) is 22.3 Å². The summed E-state index contributed by atoms with van der Waals surface area (Å²) in [6.07, 6.45) is 0.869. The van der Waals surface area contributed by atoms with Gasteiger partial charge in [-0.2, -0.15) is 0 Å². The molecule has 1 aliphatic rings. The SMILES string of the molecule is Cc1oc(C(=O)N2CCCNCC2)cc1S(=O)(=O)N(C)C. The molecule has 0 radical (unpaired) electrons. The maximum atomic E-state index is 12.4. The molecule has 21 heavy (non-hydrogen) atoms. The van der Waals surface area contributed by atoms with E-state index in [1.807, 2.05) is 0 Å². The largest absolute Gasteiger partial charge is 0.455 e. The van der Waals surface area contributed by atoms with Crippen molar-refractivity contribution < 1.29 is 17.6 Å². The number of carbonyl (C=O) groups is 1. The third-order valence-electron chi connectivity index (χ3n) is 3.47. The van der Waals surface area contributed by atoms with Gasteiger partial charge in [0.25, 0.3) is 5.91 Å². The van der Waals surface area contributed by atoms with Crippen LogP contribution in [0.3, 0.4) is 0 Å². The fourth-order valence-corrected chi connectivity index (χ4v) is 3.28. The van der Waals surface area contributed by atoms with E-state index in [9.17, 15) is 13.2 Å². The van der Waals surface area contributed by atoms with Gasteiger partial charge >= 0.3 is 0 Å². The van der Waals surface area contributed by atoms with E-state index in [0.29, 0.717) is 13.1 Å². The number of sulfonamides is 1. The lowest BCUT2D eigenvalue weighted by atomic mass is 10.3. The van der Waals surface area contributed by atoms with Crippen molar-refractivity contribution >= 4 is 15.9 Å². The van der Waals surface area contributed by atoms with Gasteiger partial charge in [0.15, 0.2) is 5.76 Å². The molecule has 7 nitrogen and oxygen atoms in total. The number of carbonyl (C=O) groups excluding carboxylic acids is 1. The Morgan fingerprint density at radius 3 is 2.71 bits per heavy atom. The second kappa shape index (κ2) is 6.17. The summed E-state index contributed by atoms with van der Waals surface area (Å²) in [5, 5.41) is 3.21. The number of furan rings is 1. The van der Waals surface area contributed by atoms with Gasteiger partial charge in [-0.05, 0) is 19.9 Å². The summed E-state index contributed by atoms with van der Waals surface area (Å²) in [6, 6.07) is 1.32. The Bertz CT molecular complexity index is 613. The molecule has 1 aromatic rings. The van der Waals surface area contributed by atoms with Crippen molar-refractivity contribution in [1.29, 1.82) is 0 Å². The predicted molar refractivity (Wildman–Crippen MR) is 77.7 cm³/mol. The Labute approximate surface area is 124 Å². The van der Waals surface area contributed by atoms with Crippen molar-refractivity contribution in [2.75, 3.05) is 40.3 Å². The third-order valence-corrected chi connectivity index (χ3v) is 5.39. The molecule has 2 heterocycles. The van der Waals surface area contributed by atoms with Crippen LogP contribution in [0.5, 0.6) is 0 Å². The molecule has 2 rings (SSSR count). The number of nitrogens with zero attached hydrogens (tertiary/aromatic N) is 2. The molecular formula is C13H21N3O4S. The second-order valence-corrected chi connectivity index (χ2v) is 7.33. The van der Waals surface area contributed by atoms with E-state index in [2.05, 4.69) is 5.32 Å². The van der Waals surface area contributed by atoms with Gasteiger partial charge in [-0.1, -0.05) is 0 Å². The third kappa shape index (κ3) is 3.28. The highest BCUT2D eigenvalue weighted by Gasteiger charge is 2.28. The van der Waals surface area contributed by atoms with Gasteiger partial charge in [0, 0.05) is 39.8 Å². The zero-order chi connectivity index (χ0) is 15.6. The van der Waals surface area contributed by atoms with Crippen molar-refractivity contribution in [3.05, 3.63) is 17.6 Å². The van der Waals surface area contributed by atoms with Gasteiger partial charge in [0.2, 0.25) is 10.0 Å². The molecule has 1 N–H and O–H groups in total. The molecule has 8 heteroatoms. The summed E-state index contributed by atoms with van der Waals surface area (Å²) >= 11 is 0. The molecule has 1 aromatic heterocycles. The molecule has 1 aliphatic heterocycles. The lowest BCUT2D eigenvalue weighted by Crippen LogP contribution is -2.34. The van der Waals surface area contributed by atoms with Gasteiger partial charge < -0.3 is 14.6 Å². The van der Waals surface area contributed by atoms with E-state index in [0.717, 1.165) is 23.8 Å². The van der Waals surface area contributed by atoms with Crippen molar-refractivity contribution in [2.45, 2.75) is 18.2 Å². The van der Waals surface area contributed by atoms with Gasteiger partial charge in [-0.25, -0.2) is 12.7 Å². The highest BCUT2D eigenvalue weighted by molar-refractivity contribution is 7.89. The standard InChI is InChI=1S/C13H21N3O4S/c1-10-12(21(18,19)15(2)3)9-11(20-10)13(17)16-7-4-5-14-6-8-16/h9,14H,4-8H2,1-3H3. The molecule has 0 bridgehead atoms. The van der Waals surface area contributed by atoms with Gasteiger partial charge in [-0.15, -0.1) is 0 Å². The van der Waals surface area contributed by atoms with Crippen LogP contribution in [-0.2, 0) is 10.0 Å². The quantitative estimate of drug-likeness (QED) is 0.866. The van der Waals surface area contributed by atoms with E-state index in [1.165, 1.54) is 20.2 Å². The monoisotopic (exact) mass is 315 g/mol. The Balaban J connectivity index is 2.28. The summed E-state index contributed by atoms with van der Waals surface area (Å²) in [7, 11) is -0.705. The summed E-state index contributed by atoms with van der Waals surface area (Å²) in [4.78, 5) is 14.1. The first-order valence-corrected chi connectivity index (χ1v) is 8.31. The second-order valence-electron chi connectivity index (χ2n) is 5.21. The van der Waals surface area contributed by atoms with Gasteiger partial charge in [0.05, 0.1) is 0 Å². The zero-order valence-corrected chi connectivity index (χ0v) is 13.4. The topological polar surface area (TPSA) is 82.9 Å². The van der Waals surface area contributed by atoms with Gasteiger partial charge in [0.1, 0.15) is 10.7 Å². The lowest BCUT2D eigenvalue weighted by molar-refractivity contribution is 0.0733. The Kier molecular flexibility index (Phi) is 4.70. The smallest absolute Gasteiger partial charge is 0.289 e. The Morgan fingerprint density at radius 2 is 2.05 bits per heavy atom. The fraction of sp³-hybridized carbons (Fsp3) is 0.615. The number of hydrogen-bond acceptors (Lipinski definition) is 5. The van der Waals surface area contributed by atoms with Crippen LogP contribution in [0.4, 0.5) is 0 Å². The summed E-state index contributed by atoms with van der Waals surface area (Å²) in [5.41, 5.74) is 0. The number of aryl methyl sites for hydroxylation is 1.